The lowest BCUT2D eigenvalue weighted by atomic mass is 9.52. The number of amides is 3. The first-order valence-electron chi connectivity index (χ1n) is 42.7. The van der Waals surface area contributed by atoms with Crippen molar-refractivity contribution < 1.29 is 67.8 Å². The molecule has 1 aliphatic carbocycles. The molecule has 0 radical (unpaired) electrons. The van der Waals surface area contributed by atoms with Crippen LogP contribution in [-0.2, 0) is 52.5 Å². The van der Waals surface area contributed by atoms with Crippen molar-refractivity contribution in [3.05, 3.63) is 0 Å². The van der Waals surface area contributed by atoms with Crippen molar-refractivity contribution in [2.24, 2.45) is 16.2 Å². The lowest BCUT2D eigenvalue weighted by Gasteiger charge is -2.53. The van der Waals surface area contributed by atoms with Gasteiger partial charge in [0.2, 0.25) is 17.7 Å². The minimum atomic E-state index is -1.63. The number of aliphatic hydroxyl groups is 3. The quantitative estimate of drug-likeness (QED) is 0.0216. The van der Waals surface area contributed by atoms with Gasteiger partial charge in [0.25, 0.3) is 0 Å². The average molecular weight is 1460 g/mol. The third kappa shape index (κ3) is 43.6. The number of unbranched alkanes of at least 4 members (excludes halogenated alkanes) is 26. The lowest BCUT2D eigenvalue weighted by Crippen LogP contribution is -2.63. The summed E-state index contributed by atoms with van der Waals surface area (Å²) in [6, 6.07) is 0. The summed E-state index contributed by atoms with van der Waals surface area (Å²) in [7, 11) is 0. The van der Waals surface area contributed by atoms with Crippen LogP contribution in [0.5, 0.6) is 0 Å². The molecule has 103 heavy (non-hydrogen) atoms. The molecule has 6 unspecified atom stereocenters. The van der Waals surface area contributed by atoms with Gasteiger partial charge in [0.15, 0.2) is 0 Å². The first kappa shape index (κ1) is 95.2. The summed E-state index contributed by atoms with van der Waals surface area (Å²) in [6.07, 6.45) is 42.3. The van der Waals surface area contributed by atoms with E-state index in [-0.39, 0.29) is 73.5 Å². The van der Waals surface area contributed by atoms with Crippen LogP contribution in [0, 0.1) is 16.2 Å². The standard InChI is InChI=1S/C84H157N5O14/c1-9-13-17-29-47-71(5)100-75(93)51-33-25-41-59-87(60-42-26-34-52-76(94)101-72(6)48-30-18-14-10-2)57-39-23-21-37-55-85-79(97)82(68-90)65-83(69-91,67-84(66-82,70-92)81(99)89-63-45-46-64-89)80(98)86-56-38-22-24-40-58-88(61-43-27-35-53-77(95)102-73(7)49-31-19-15-11-3)62-44-28-36-54-78(96)103-74(8)50-32-20-16-12-4/h71-74,90-92H,9-70H2,1-8H3,(H,85,97)(H,86,98). The lowest BCUT2D eigenvalue weighted by molar-refractivity contribution is -0.172. The van der Waals surface area contributed by atoms with Crippen molar-refractivity contribution in [1.29, 1.82) is 0 Å². The minimum Gasteiger partial charge on any atom is -0.463 e. The van der Waals surface area contributed by atoms with Crippen LogP contribution in [0.2, 0.25) is 0 Å². The van der Waals surface area contributed by atoms with Crippen molar-refractivity contribution in [3.63, 3.8) is 0 Å². The molecule has 2 aliphatic rings. The van der Waals surface area contributed by atoms with Crippen LogP contribution in [0.25, 0.3) is 0 Å². The van der Waals surface area contributed by atoms with E-state index < -0.39 is 47.9 Å². The Morgan fingerprint density at radius 2 is 0.583 bits per heavy atom. The van der Waals surface area contributed by atoms with Gasteiger partial charge in [0, 0.05) is 51.9 Å². The van der Waals surface area contributed by atoms with Crippen LogP contribution < -0.4 is 10.6 Å². The maximum atomic E-state index is 14.7. The van der Waals surface area contributed by atoms with E-state index in [0.717, 1.165) is 219 Å². The van der Waals surface area contributed by atoms with E-state index in [4.69, 9.17) is 18.9 Å². The molecule has 0 spiro atoms. The molecule has 0 aromatic carbocycles. The molecule has 5 N–H and O–H groups in total. The highest BCUT2D eigenvalue weighted by molar-refractivity contribution is 5.91. The third-order valence-corrected chi connectivity index (χ3v) is 21.7. The maximum Gasteiger partial charge on any atom is 0.306 e. The van der Waals surface area contributed by atoms with E-state index in [0.29, 0.717) is 64.7 Å². The molecular formula is C84H157N5O14. The monoisotopic (exact) mass is 1460 g/mol. The summed E-state index contributed by atoms with van der Waals surface area (Å²) < 4.78 is 22.8. The van der Waals surface area contributed by atoms with Crippen molar-refractivity contribution in [2.75, 3.05) is 85.3 Å². The number of nitrogens with zero attached hydrogens (tertiary/aromatic N) is 3. The number of rotatable bonds is 68. The van der Waals surface area contributed by atoms with Gasteiger partial charge in [0.05, 0.1) is 60.5 Å². The first-order chi connectivity index (χ1) is 49.8. The number of aliphatic hydroxyl groups excluding tert-OH is 3. The first-order valence-corrected chi connectivity index (χ1v) is 42.7. The van der Waals surface area contributed by atoms with E-state index in [1.54, 1.807) is 4.90 Å². The molecule has 6 atom stereocenters. The van der Waals surface area contributed by atoms with Crippen LogP contribution >= 0.6 is 0 Å². The van der Waals surface area contributed by atoms with Gasteiger partial charge >= 0.3 is 23.9 Å². The van der Waals surface area contributed by atoms with Crippen LogP contribution in [-0.4, -0.2) is 181 Å². The van der Waals surface area contributed by atoms with Crippen molar-refractivity contribution in [3.8, 4) is 0 Å². The van der Waals surface area contributed by atoms with Gasteiger partial charge in [-0.2, -0.15) is 0 Å². The Balaban J connectivity index is 2.05. The maximum absolute atomic E-state index is 14.7. The zero-order valence-electron chi connectivity index (χ0n) is 67.3. The Labute approximate surface area is 627 Å². The molecular weight excluding hydrogens is 1300 g/mol. The number of carbonyl (C=O) groups is 7. The predicted molar refractivity (Wildman–Crippen MR) is 415 cm³/mol. The van der Waals surface area contributed by atoms with Crippen molar-refractivity contribution >= 4 is 41.6 Å². The van der Waals surface area contributed by atoms with E-state index in [9.17, 15) is 48.9 Å². The van der Waals surface area contributed by atoms with Gasteiger partial charge in [-0.05, 0) is 227 Å². The number of esters is 4. The van der Waals surface area contributed by atoms with E-state index in [1.165, 1.54) is 77.0 Å². The minimum absolute atomic E-state index is 0.0532. The van der Waals surface area contributed by atoms with Gasteiger partial charge in [-0.3, -0.25) is 33.6 Å². The zero-order chi connectivity index (χ0) is 75.7. The molecule has 0 aromatic rings. The molecule has 2 fully saturated rings. The molecule has 1 saturated carbocycles. The molecule has 0 aromatic heterocycles. The van der Waals surface area contributed by atoms with Gasteiger partial charge < -0.3 is 59.6 Å². The molecule has 1 aliphatic heterocycles. The van der Waals surface area contributed by atoms with Crippen molar-refractivity contribution in [1.82, 2.24) is 25.3 Å². The largest absolute Gasteiger partial charge is 0.463 e. The summed E-state index contributed by atoms with van der Waals surface area (Å²) in [5.41, 5.74) is -4.83. The summed E-state index contributed by atoms with van der Waals surface area (Å²) in [6.45, 7) is 21.8. The number of carbonyl (C=O) groups excluding carboxylic acids is 7. The molecule has 19 nitrogen and oxygen atoms in total. The number of hydrogen-bond donors (Lipinski definition) is 5. The van der Waals surface area contributed by atoms with Crippen LogP contribution in [0.1, 0.15) is 370 Å². The highest BCUT2D eigenvalue weighted by Crippen LogP contribution is 2.56. The second-order valence-corrected chi connectivity index (χ2v) is 31.7. The fraction of sp³-hybridized carbons (Fsp3) is 0.917. The number of ether oxygens (including phenoxy) is 4. The second-order valence-electron chi connectivity index (χ2n) is 31.7. The molecule has 1 heterocycles. The Bertz CT molecular complexity index is 1990. The van der Waals surface area contributed by atoms with E-state index in [2.05, 4.69) is 48.1 Å². The number of nitrogens with one attached hydrogen (secondary N) is 2. The SMILES string of the molecule is CCCCCCC(C)OC(=O)CCCCCN(CCCCCCNC(=O)C1(CO)CC(CO)(C(=O)NCCCCCCN(CCCCCC(=O)OC(C)CCCCCC)CCCCCC(=O)OC(C)CCCCCC)CC(CO)(C(=O)N2CCCC2)C1)CCCCCC(=O)OC(C)CCCCCC. The summed E-state index contributed by atoms with van der Waals surface area (Å²) >= 11 is 0. The normalized spacial score (nSPS) is 18.7. The van der Waals surface area contributed by atoms with Gasteiger partial charge in [0.1, 0.15) is 0 Å². The van der Waals surface area contributed by atoms with E-state index in [1.807, 2.05) is 27.7 Å². The summed E-state index contributed by atoms with van der Waals surface area (Å²) in [5, 5.41) is 40.2. The molecule has 602 valence electrons. The molecule has 2 rings (SSSR count). The Morgan fingerprint density at radius 3 is 0.845 bits per heavy atom. The van der Waals surface area contributed by atoms with E-state index >= 15 is 0 Å². The van der Waals surface area contributed by atoms with Crippen LogP contribution in [0.4, 0.5) is 0 Å². The second kappa shape index (κ2) is 60.0. The highest BCUT2D eigenvalue weighted by atomic mass is 16.6. The summed E-state index contributed by atoms with van der Waals surface area (Å²) in [4.78, 5) is 101. The third-order valence-electron chi connectivity index (χ3n) is 21.7. The number of hydrogen-bond acceptors (Lipinski definition) is 16. The Hall–Kier alpha value is -3.91. The fourth-order valence-corrected chi connectivity index (χ4v) is 15.4. The predicted octanol–water partition coefficient (Wildman–Crippen LogP) is 16.5. The van der Waals surface area contributed by atoms with Crippen LogP contribution in [0.15, 0.2) is 0 Å². The molecule has 0 bridgehead atoms. The number of likely N-dealkylation sites (tertiary alicyclic amines) is 1. The highest BCUT2D eigenvalue weighted by Gasteiger charge is 2.63. The average Bonchev–Trinajstić information content (AvgIpc) is 1.16. The molecule has 1 saturated heterocycles. The summed E-state index contributed by atoms with van der Waals surface area (Å²) in [5.74, 6) is -1.78. The van der Waals surface area contributed by atoms with Gasteiger partial charge in [-0.1, -0.05) is 156 Å². The van der Waals surface area contributed by atoms with Gasteiger partial charge in [-0.25, -0.2) is 0 Å². The van der Waals surface area contributed by atoms with Gasteiger partial charge in [-0.15, -0.1) is 0 Å². The topological polar surface area (TPSA) is 251 Å². The molecule has 3 amide bonds. The van der Waals surface area contributed by atoms with Crippen LogP contribution in [0.3, 0.4) is 0 Å². The van der Waals surface area contributed by atoms with Crippen molar-refractivity contribution in [2.45, 2.75) is 394 Å². The Kier molecular flexibility index (Phi) is 55.5. The zero-order valence-corrected chi connectivity index (χ0v) is 67.3. The molecule has 19 heteroatoms. The Morgan fingerprint density at radius 1 is 0.340 bits per heavy atom. The fourth-order valence-electron chi connectivity index (χ4n) is 15.4. The smallest absolute Gasteiger partial charge is 0.306 e.